The molecule has 0 radical (unpaired) electrons. The van der Waals surface area contributed by atoms with Crippen LogP contribution in [0, 0.1) is 5.92 Å². The van der Waals surface area contributed by atoms with Crippen molar-refractivity contribution in [3.8, 4) is 0 Å². The Morgan fingerprint density at radius 1 is 1.03 bits per heavy atom. The Bertz CT molecular complexity index is 1150. The van der Waals surface area contributed by atoms with Gasteiger partial charge in [0.05, 0.1) is 12.1 Å². The Morgan fingerprint density at radius 2 is 1.74 bits per heavy atom. The van der Waals surface area contributed by atoms with E-state index in [0.29, 0.717) is 5.95 Å². The summed E-state index contributed by atoms with van der Waals surface area (Å²) in [5.74, 6) is 3.37. The average Bonchev–Trinajstić information content (AvgIpc) is 2.96. The molecule has 2 aromatic carbocycles. The maximum Gasteiger partial charge on any atom is 0.224 e. The van der Waals surface area contributed by atoms with Crippen LogP contribution in [0.15, 0.2) is 72.8 Å². The fourth-order valence-corrected chi connectivity index (χ4v) is 4.60. The van der Waals surface area contributed by atoms with Crippen LogP contribution in [-0.4, -0.2) is 50.8 Å². The largest absolute Gasteiger partial charge is 0.493 e. The van der Waals surface area contributed by atoms with Crippen LogP contribution in [0.4, 0.5) is 11.8 Å². The Kier molecular flexibility index (Phi) is 12.1. The number of nitrogens with zero attached hydrogens (tertiary/aromatic N) is 3. The normalized spacial score (nSPS) is 13.9. The lowest BCUT2D eigenvalue weighted by Crippen LogP contribution is -2.25. The zero-order chi connectivity index (χ0) is 27.2. The van der Waals surface area contributed by atoms with Crippen molar-refractivity contribution in [2.24, 2.45) is 5.92 Å². The third-order valence-electron chi connectivity index (χ3n) is 6.60. The molecule has 0 atom stereocenters. The van der Waals surface area contributed by atoms with Crippen LogP contribution < -0.4 is 15.5 Å². The molecule has 4 rings (SSSR count). The lowest BCUT2D eigenvalue weighted by atomic mass is 9.89. The monoisotopic (exact) mass is 515 g/mol. The number of fused-ring (bicyclic) bond motifs is 1. The fourth-order valence-electron chi connectivity index (χ4n) is 4.60. The van der Waals surface area contributed by atoms with E-state index in [1.54, 1.807) is 0 Å². The number of anilines is 2. The molecule has 0 unspecified atom stereocenters. The van der Waals surface area contributed by atoms with Crippen molar-refractivity contribution in [2.45, 2.75) is 45.4 Å². The van der Waals surface area contributed by atoms with Crippen LogP contribution in [0.5, 0.6) is 0 Å². The van der Waals surface area contributed by atoms with Crippen LogP contribution >= 0.6 is 0 Å². The van der Waals surface area contributed by atoms with Gasteiger partial charge < -0.3 is 20.3 Å². The number of aromatic nitrogens is 2. The molecule has 0 bridgehead atoms. The van der Waals surface area contributed by atoms with Gasteiger partial charge in [-0.1, -0.05) is 75.2 Å². The van der Waals surface area contributed by atoms with E-state index >= 15 is 0 Å². The van der Waals surface area contributed by atoms with E-state index in [-0.39, 0.29) is 0 Å². The molecule has 6 heteroatoms. The quantitative estimate of drug-likeness (QED) is 0.214. The minimum absolute atomic E-state index is 0.650. The summed E-state index contributed by atoms with van der Waals surface area (Å²) in [6, 6.07) is 18.3. The van der Waals surface area contributed by atoms with E-state index < -0.39 is 0 Å². The molecule has 1 aliphatic rings. The summed E-state index contributed by atoms with van der Waals surface area (Å²) in [6.07, 6.45) is 10.1. The minimum Gasteiger partial charge on any atom is -0.493 e. The first kappa shape index (κ1) is 29.2. The second-order valence-corrected chi connectivity index (χ2v) is 10.0. The van der Waals surface area contributed by atoms with Crippen LogP contribution in [0.2, 0.25) is 0 Å². The number of nitrogens with one attached hydrogen (secondary N) is 2. The number of hydrogen-bond acceptors (Lipinski definition) is 6. The predicted octanol–water partition coefficient (Wildman–Crippen LogP) is 6.92. The third kappa shape index (κ3) is 9.18. The molecule has 3 aromatic rings. The van der Waals surface area contributed by atoms with Crippen LogP contribution in [-0.2, 0) is 4.74 Å². The molecule has 38 heavy (non-hydrogen) atoms. The van der Waals surface area contributed by atoms with Gasteiger partial charge in [0.2, 0.25) is 5.95 Å². The summed E-state index contributed by atoms with van der Waals surface area (Å²) in [5.41, 5.74) is 3.16. The second kappa shape index (κ2) is 15.8. The molecule has 0 amide bonds. The van der Waals surface area contributed by atoms with Gasteiger partial charge >= 0.3 is 0 Å². The van der Waals surface area contributed by atoms with Gasteiger partial charge in [-0.3, -0.25) is 0 Å². The first-order valence-corrected chi connectivity index (χ1v) is 13.9. The molecule has 0 aliphatic heterocycles. The minimum atomic E-state index is 0.650. The summed E-state index contributed by atoms with van der Waals surface area (Å²) in [5, 5.41) is 7.60. The van der Waals surface area contributed by atoms with Crippen molar-refractivity contribution in [2.75, 3.05) is 51.1 Å². The van der Waals surface area contributed by atoms with Crippen molar-refractivity contribution in [3.63, 3.8) is 0 Å². The number of rotatable bonds is 11. The topological polar surface area (TPSA) is 62.3 Å². The lowest BCUT2D eigenvalue weighted by Gasteiger charge is -2.21. The van der Waals surface area contributed by atoms with Crippen LogP contribution in [0.25, 0.3) is 16.7 Å². The Labute approximate surface area is 229 Å². The average molecular weight is 516 g/mol. The van der Waals surface area contributed by atoms with Gasteiger partial charge in [0.1, 0.15) is 11.6 Å². The van der Waals surface area contributed by atoms with E-state index in [9.17, 15) is 0 Å². The Morgan fingerprint density at radius 3 is 2.42 bits per heavy atom. The smallest absolute Gasteiger partial charge is 0.224 e. The van der Waals surface area contributed by atoms with E-state index in [1.165, 1.54) is 32.1 Å². The van der Waals surface area contributed by atoms with Gasteiger partial charge in [0.15, 0.2) is 0 Å². The summed E-state index contributed by atoms with van der Waals surface area (Å²) in [4.78, 5) is 10.8. The molecule has 0 spiro atoms. The zero-order valence-corrected chi connectivity index (χ0v) is 23.7. The van der Waals surface area contributed by atoms with Gasteiger partial charge in [0, 0.05) is 38.6 Å². The van der Waals surface area contributed by atoms with Gasteiger partial charge in [-0.15, -0.1) is 0 Å². The van der Waals surface area contributed by atoms with Gasteiger partial charge in [-0.2, -0.15) is 4.98 Å². The maximum atomic E-state index is 5.92. The molecule has 1 aliphatic carbocycles. The first-order chi connectivity index (χ1) is 18.5. The molecule has 6 nitrogen and oxygen atoms in total. The molecule has 204 valence electrons. The first-order valence-electron chi connectivity index (χ1n) is 13.9. The van der Waals surface area contributed by atoms with E-state index in [0.717, 1.165) is 65.7 Å². The fraction of sp³-hybridized carbons (Fsp3) is 0.438. The zero-order valence-electron chi connectivity index (χ0n) is 23.7. The predicted molar refractivity (Wildman–Crippen MR) is 163 cm³/mol. The van der Waals surface area contributed by atoms with Gasteiger partial charge in [-0.05, 0) is 55.5 Å². The number of benzene rings is 2. The van der Waals surface area contributed by atoms with Crippen molar-refractivity contribution < 1.29 is 4.74 Å². The van der Waals surface area contributed by atoms with E-state index in [2.05, 4.69) is 52.3 Å². The molecule has 1 fully saturated rings. The lowest BCUT2D eigenvalue weighted by molar-refractivity contribution is 0.277. The maximum absolute atomic E-state index is 5.92. The molecule has 2 N–H and O–H groups in total. The molecule has 1 saturated carbocycles. The van der Waals surface area contributed by atoms with Gasteiger partial charge in [0.25, 0.3) is 0 Å². The van der Waals surface area contributed by atoms with Crippen LogP contribution in [0.1, 0.15) is 51.0 Å². The standard InChI is InChI=1S/C21H31NO.C11H14N4/c1-3-14-23-21(20-12-8-5-9-13-20)15-18(2)16-22-17-19-10-6-4-7-11-19;1-12-11-13-9-7-5-4-6-8(9)10(14-11)15(2)3/h5,8-9,12-13,15,19,22H,2-4,6-7,10-11,14,16-17H2,1H3;4-7H,1-3H3,(H,12,13,14)/b21-15-;. The van der Waals surface area contributed by atoms with Crippen LogP contribution in [0.3, 0.4) is 0 Å². The summed E-state index contributed by atoms with van der Waals surface area (Å²) >= 11 is 0. The molecule has 1 heterocycles. The highest BCUT2D eigenvalue weighted by Crippen LogP contribution is 2.24. The molecule has 1 aromatic heterocycles. The Balaban J connectivity index is 0.000000230. The van der Waals surface area contributed by atoms with Gasteiger partial charge in [-0.25, -0.2) is 4.98 Å². The molecular formula is C32H45N5O. The van der Waals surface area contributed by atoms with E-state index in [4.69, 9.17) is 4.74 Å². The summed E-state index contributed by atoms with van der Waals surface area (Å²) in [7, 11) is 5.78. The van der Waals surface area contributed by atoms with E-state index in [1.807, 2.05) is 68.5 Å². The van der Waals surface area contributed by atoms with Crippen molar-refractivity contribution in [1.82, 2.24) is 15.3 Å². The Hall–Kier alpha value is -3.38. The summed E-state index contributed by atoms with van der Waals surface area (Å²) < 4.78 is 5.92. The molecule has 0 saturated heterocycles. The van der Waals surface area contributed by atoms with Crippen molar-refractivity contribution in [3.05, 3.63) is 78.4 Å². The highest BCUT2D eigenvalue weighted by molar-refractivity contribution is 5.90. The number of hydrogen-bond donors (Lipinski definition) is 2. The molecular weight excluding hydrogens is 470 g/mol. The summed E-state index contributed by atoms with van der Waals surface area (Å²) in [6.45, 7) is 9.01. The number of para-hydroxylation sites is 1. The van der Waals surface area contributed by atoms with Crippen molar-refractivity contribution in [1.29, 1.82) is 0 Å². The van der Waals surface area contributed by atoms with Crippen molar-refractivity contribution >= 4 is 28.4 Å². The highest BCUT2D eigenvalue weighted by Gasteiger charge is 2.12. The highest BCUT2D eigenvalue weighted by atomic mass is 16.5. The second-order valence-electron chi connectivity index (χ2n) is 10.0. The third-order valence-corrected chi connectivity index (χ3v) is 6.60. The SMILES string of the molecule is C=C(/C=C(\OCCC)c1ccccc1)CNCC1CCCCC1.CNc1nc(N(C)C)c2ccccc2n1. The number of ether oxygens (including phenoxy) is 1.